The Hall–Kier alpha value is -2.20. The first-order chi connectivity index (χ1) is 12.8. The number of phenols is 1. The summed E-state index contributed by atoms with van der Waals surface area (Å²) in [6.07, 6.45) is 0. The molecule has 0 aliphatic carbocycles. The van der Waals surface area contributed by atoms with Crippen LogP contribution in [0.25, 0.3) is 0 Å². The number of benzene rings is 2. The maximum absolute atomic E-state index is 10.6. The summed E-state index contributed by atoms with van der Waals surface area (Å²) in [5, 5.41) is 10.6. The standard InChI is InChI=1S/C17H29NO.C7H9NO/c1-16(2,3)13-9-12(11-18(7)8)10-14(15(13)19)17(4,5)6;1-9-7-4-2-6(8)3-5-7/h9-10,19H,11H2,1-8H3;2-5H,8H2,1H3. The van der Waals surface area contributed by atoms with Gasteiger partial charge in [-0.25, -0.2) is 0 Å². The van der Waals surface area contributed by atoms with Crippen LogP contribution in [0.5, 0.6) is 11.5 Å². The van der Waals surface area contributed by atoms with Gasteiger partial charge in [0.15, 0.2) is 0 Å². The van der Waals surface area contributed by atoms with Gasteiger partial charge in [0, 0.05) is 12.2 Å². The van der Waals surface area contributed by atoms with Crippen molar-refractivity contribution >= 4 is 5.69 Å². The lowest BCUT2D eigenvalue weighted by Crippen LogP contribution is -2.19. The second kappa shape index (κ2) is 9.33. The molecule has 2 rings (SSSR count). The minimum Gasteiger partial charge on any atom is -0.507 e. The smallest absolute Gasteiger partial charge is 0.123 e. The number of hydrogen-bond donors (Lipinski definition) is 2. The van der Waals surface area contributed by atoms with Gasteiger partial charge < -0.3 is 20.5 Å². The van der Waals surface area contributed by atoms with E-state index in [4.69, 9.17) is 10.5 Å². The maximum atomic E-state index is 10.6. The second-order valence-corrected chi connectivity index (χ2v) is 9.55. The molecule has 0 fully saturated rings. The molecule has 0 saturated carbocycles. The van der Waals surface area contributed by atoms with Crippen molar-refractivity contribution in [1.82, 2.24) is 4.90 Å². The van der Waals surface area contributed by atoms with E-state index in [0.717, 1.165) is 29.1 Å². The Balaban J connectivity index is 0.000000362. The maximum Gasteiger partial charge on any atom is 0.123 e. The molecule has 0 atom stereocenters. The number of nitrogens with zero attached hydrogens (tertiary/aromatic N) is 1. The zero-order chi connectivity index (χ0) is 21.7. The van der Waals surface area contributed by atoms with Crippen molar-refractivity contribution in [3.8, 4) is 11.5 Å². The first-order valence-corrected chi connectivity index (χ1v) is 9.66. The van der Waals surface area contributed by atoms with Gasteiger partial charge in [-0.2, -0.15) is 0 Å². The van der Waals surface area contributed by atoms with Crippen LogP contribution in [0.3, 0.4) is 0 Å². The summed E-state index contributed by atoms with van der Waals surface area (Å²) in [7, 11) is 5.77. The van der Waals surface area contributed by atoms with Gasteiger partial charge in [-0.05, 0) is 65.9 Å². The minimum atomic E-state index is -0.0492. The van der Waals surface area contributed by atoms with Crippen LogP contribution >= 0.6 is 0 Å². The number of hydrogen-bond acceptors (Lipinski definition) is 4. The van der Waals surface area contributed by atoms with E-state index < -0.39 is 0 Å². The van der Waals surface area contributed by atoms with Crippen LogP contribution in [0.15, 0.2) is 36.4 Å². The lowest BCUT2D eigenvalue weighted by atomic mass is 9.78. The molecule has 2 aromatic rings. The van der Waals surface area contributed by atoms with Crippen LogP contribution < -0.4 is 10.5 Å². The van der Waals surface area contributed by atoms with E-state index in [2.05, 4.69) is 72.7 Å². The highest BCUT2D eigenvalue weighted by Gasteiger charge is 2.26. The molecular weight excluding hydrogens is 348 g/mol. The fraction of sp³-hybridized carbons (Fsp3) is 0.500. The molecule has 2 aromatic carbocycles. The number of methoxy groups -OCH3 is 1. The Labute approximate surface area is 171 Å². The number of nitrogen functional groups attached to an aromatic ring is 1. The fourth-order valence-corrected chi connectivity index (χ4v) is 2.90. The van der Waals surface area contributed by atoms with E-state index in [0.29, 0.717) is 5.75 Å². The van der Waals surface area contributed by atoms with E-state index in [1.165, 1.54) is 5.56 Å². The third kappa shape index (κ3) is 7.08. The average Bonchev–Trinajstić information content (AvgIpc) is 2.55. The zero-order valence-electron chi connectivity index (χ0n) is 19.1. The minimum absolute atomic E-state index is 0.0492. The lowest BCUT2D eigenvalue weighted by molar-refractivity contribution is 0.395. The molecule has 0 spiro atoms. The van der Waals surface area contributed by atoms with Crippen molar-refractivity contribution in [3.05, 3.63) is 53.1 Å². The number of phenolic OH excluding ortho intramolecular Hbond substituents is 1. The van der Waals surface area contributed by atoms with Crippen molar-refractivity contribution in [3.63, 3.8) is 0 Å². The van der Waals surface area contributed by atoms with Gasteiger partial charge in [-0.1, -0.05) is 53.7 Å². The summed E-state index contributed by atoms with van der Waals surface area (Å²) < 4.78 is 4.91. The Bertz CT molecular complexity index is 717. The predicted molar refractivity (Wildman–Crippen MR) is 120 cm³/mol. The molecule has 28 heavy (non-hydrogen) atoms. The largest absolute Gasteiger partial charge is 0.507 e. The molecule has 4 heteroatoms. The molecule has 0 saturated heterocycles. The van der Waals surface area contributed by atoms with E-state index in [9.17, 15) is 5.11 Å². The molecule has 0 aliphatic rings. The highest BCUT2D eigenvalue weighted by molar-refractivity contribution is 5.49. The first-order valence-electron chi connectivity index (χ1n) is 9.66. The first kappa shape index (κ1) is 23.8. The molecule has 4 nitrogen and oxygen atoms in total. The summed E-state index contributed by atoms with van der Waals surface area (Å²) in [6, 6.07) is 11.6. The van der Waals surface area contributed by atoms with Crippen molar-refractivity contribution in [2.45, 2.75) is 58.9 Å². The summed E-state index contributed by atoms with van der Waals surface area (Å²) in [4.78, 5) is 2.16. The van der Waals surface area contributed by atoms with Crippen LogP contribution in [0.1, 0.15) is 58.2 Å². The number of anilines is 1. The van der Waals surface area contributed by atoms with E-state index in [1.807, 2.05) is 12.1 Å². The molecule has 0 unspecified atom stereocenters. The highest BCUT2D eigenvalue weighted by Crippen LogP contribution is 2.39. The van der Waals surface area contributed by atoms with Crippen LogP contribution in [0.2, 0.25) is 0 Å². The molecule has 156 valence electrons. The van der Waals surface area contributed by atoms with Crippen molar-refractivity contribution < 1.29 is 9.84 Å². The Kier molecular flexibility index (Phi) is 7.94. The molecule has 0 heterocycles. The van der Waals surface area contributed by atoms with Gasteiger partial charge >= 0.3 is 0 Å². The number of ether oxygens (including phenoxy) is 1. The predicted octanol–water partition coefficient (Wildman–Crippen LogP) is 5.33. The van der Waals surface area contributed by atoms with E-state index in [1.54, 1.807) is 19.2 Å². The molecule has 3 N–H and O–H groups in total. The highest BCUT2D eigenvalue weighted by atomic mass is 16.5. The Morgan fingerprint density at radius 2 is 1.32 bits per heavy atom. The molecule has 0 aromatic heterocycles. The normalized spacial score (nSPS) is 11.8. The van der Waals surface area contributed by atoms with Gasteiger partial charge in [0.25, 0.3) is 0 Å². The van der Waals surface area contributed by atoms with Gasteiger partial charge in [-0.3, -0.25) is 0 Å². The molecule has 0 bridgehead atoms. The molecular formula is C24H38N2O2. The third-order valence-corrected chi connectivity index (χ3v) is 4.40. The van der Waals surface area contributed by atoms with Gasteiger partial charge in [0.1, 0.15) is 11.5 Å². The summed E-state index contributed by atoms with van der Waals surface area (Å²) in [5.41, 5.74) is 9.43. The summed E-state index contributed by atoms with van der Waals surface area (Å²) >= 11 is 0. The van der Waals surface area contributed by atoms with Crippen LogP contribution in [0.4, 0.5) is 5.69 Å². The van der Waals surface area contributed by atoms with Gasteiger partial charge in [0.2, 0.25) is 0 Å². The topological polar surface area (TPSA) is 58.7 Å². The quantitative estimate of drug-likeness (QED) is 0.700. The number of aromatic hydroxyl groups is 1. The van der Waals surface area contributed by atoms with Crippen molar-refractivity contribution in [2.75, 3.05) is 26.9 Å². The Morgan fingerprint density at radius 3 is 1.64 bits per heavy atom. The SMILES string of the molecule is CN(C)Cc1cc(C(C)(C)C)c(O)c(C(C)(C)C)c1.COc1ccc(N)cc1. The fourth-order valence-electron chi connectivity index (χ4n) is 2.90. The van der Waals surface area contributed by atoms with Gasteiger partial charge in [0.05, 0.1) is 7.11 Å². The zero-order valence-corrected chi connectivity index (χ0v) is 19.1. The molecule has 0 radical (unpaired) electrons. The number of rotatable bonds is 3. The van der Waals surface area contributed by atoms with Crippen molar-refractivity contribution in [2.24, 2.45) is 0 Å². The third-order valence-electron chi connectivity index (χ3n) is 4.40. The average molecular weight is 387 g/mol. The van der Waals surface area contributed by atoms with Crippen LogP contribution in [0, 0.1) is 0 Å². The second-order valence-electron chi connectivity index (χ2n) is 9.55. The Morgan fingerprint density at radius 1 is 0.893 bits per heavy atom. The number of nitrogens with two attached hydrogens (primary N) is 1. The summed E-state index contributed by atoms with van der Waals surface area (Å²) in [6.45, 7) is 13.8. The molecule has 0 aliphatic heterocycles. The van der Waals surface area contributed by atoms with Crippen molar-refractivity contribution in [1.29, 1.82) is 0 Å². The molecule has 0 amide bonds. The van der Waals surface area contributed by atoms with Gasteiger partial charge in [-0.15, -0.1) is 0 Å². The van der Waals surface area contributed by atoms with Crippen LogP contribution in [-0.4, -0.2) is 31.2 Å². The summed E-state index contributed by atoms with van der Waals surface area (Å²) in [5.74, 6) is 1.30. The lowest BCUT2D eigenvalue weighted by Gasteiger charge is -2.28. The monoisotopic (exact) mass is 386 g/mol. The van der Waals surface area contributed by atoms with E-state index >= 15 is 0 Å². The van der Waals surface area contributed by atoms with Crippen LogP contribution in [-0.2, 0) is 17.4 Å². The van der Waals surface area contributed by atoms with E-state index in [-0.39, 0.29) is 10.8 Å².